The molecule has 11 heteroatoms. The number of nitrogens with one attached hydrogen (secondary N) is 1. The van der Waals surface area contributed by atoms with Crippen molar-refractivity contribution in [3.63, 3.8) is 0 Å². The molecule has 0 aliphatic rings. The van der Waals surface area contributed by atoms with Gasteiger partial charge in [-0.25, -0.2) is 0 Å². The highest BCUT2D eigenvalue weighted by molar-refractivity contribution is 7.99. The van der Waals surface area contributed by atoms with E-state index in [0.29, 0.717) is 30.7 Å². The topological polar surface area (TPSA) is 98.3 Å². The first-order valence-electron chi connectivity index (χ1n) is 7.08. The first-order chi connectivity index (χ1) is 11.1. The number of unbranched alkanes of at least 4 members (excludes halogenated alkanes) is 1. The third kappa shape index (κ3) is 4.49. The van der Waals surface area contributed by atoms with E-state index in [4.69, 9.17) is 0 Å². The minimum absolute atomic E-state index is 0.0894. The molecule has 0 atom stereocenters. The average molecular weight is 367 g/mol. The number of halogens is 3. The Morgan fingerprint density at radius 2 is 1.83 bits per heavy atom. The Kier molecular flexibility index (Phi) is 6.81. The van der Waals surface area contributed by atoms with Gasteiger partial charge in [0.15, 0.2) is 5.69 Å². The average Bonchev–Trinajstić information content (AvgIpc) is 2.45. The van der Waals surface area contributed by atoms with Crippen molar-refractivity contribution in [1.82, 2.24) is 0 Å². The fraction of sp³-hybridized carbons (Fsp3) is 0.538. The molecule has 1 aromatic rings. The summed E-state index contributed by atoms with van der Waals surface area (Å²) in [6.45, 7) is 3.46. The van der Waals surface area contributed by atoms with E-state index in [1.165, 1.54) is 6.92 Å². The van der Waals surface area contributed by atoms with Crippen LogP contribution in [0.1, 0.15) is 32.3 Å². The Labute approximate surface area is 139 Å². The molecule has 0 unspecified atom stereocenters. The second-order valence-corrected chi connectivity index (χ2v) is 5.85. The van der Waals surface area contributed by atoms with E-state index in [2.05, 4.69) is 5.32 Å². The number of nitro groups is 2. The zero-order valence-electron chi connectivity index (χ0n) is 13.0. The SMILES string of the molecule is CCCCSc1c(C(F)(F)F)cc([N+](=O)[O-])c(NCC)c1[N+](=O)[O-]. The summed E-state index contributed by atoms with van der Waals surface area (Å²) in [5.41, 5.74) is -3.72. The quantitative estimate of drug-likeness (QED) is 0.305. The molecule has 0 aliphatic heterocycles. The molecule has 0 radical (unpaired) electrons. The lowest BCUT2D eigenvalue weighted by Crippen LogP contribution is -2.13. The molecule has 0 fully saturated rings. The van der Waals surface area contributed by atoms with Gasteiger partial charge in [0.1, 0.15) is 4.90 Å². The number of anilines is 1. The summed E-state index contributed by atoms with van der Waals surface area (Å²) in [7, 11) is 0. The van der Waals surface area contributed by atoms with Crippen molar-refractivity contribution in [3.8, 4) is 0 Å². The van der Waals surface area contributed by atoms with Crippen molar-refractivity contribution in [2.75, 3.05) is 17.6 Å². The summed E-state index contributed by atoms with van der Waals surface area (Å²) in [6.07, 6.45) is -3.67. The van der Waals surface area contributed by atoms with E-state index in [-0.39, 0.29) is 12.3 Å². The molecule has 7 nitrogen and oxygen atoms in total. The van der Waals surface area contributed by atoms with Crippen LogP contribution in [0.5, 0.6) is 0 Å². The predicted octanol–water partition coefficient (Wildman–Crippen LogP) is 4.85. The van der Waals surface area contributed by atoms with E-state index in [1.54, 1.807) is 0 Å². The fourth-order valence-corrected chi connectivity index (χ4v) is 3.26. The molecule has 0 heterocycles. The molecule has 1 rings (SSSR count). The largest absolute Gasteiger partial charge is 0.417 e. The van der Waals surface area contributed by atoms with Crippen LogP contribution in [-0.2, 0) is 6.18 Å². The van der Waals surface area contributed by atoms with Crippen LogP contribution in [0.3, 0.4) is 0 Å². The molecular weight excluding hydrogens is 351 g/mol. The maximum Gasteiger partial charge on any atom is 0.417 e. The lowest BCUT2D eigenvalue weighted by molar-refractivity contribution is -0.394. The number of hydrogen-bond acceptors (Lipinski definition) is 6. The summed E-state index contributed by atoms with van der Waals surface area (Å²) in [5.74, 6) is 0.240. The molecule has 1 N–H and O–H groups in total. The number of benzene rings is 1. The number of hydrogen-bond donors (Lipinski definition) is 1. The zero-order chi connectivity index (χ0) is 18.5. The van der Waals surface area contributed by atoms with Gasteiger partial charge in [0.05, 0.1) is 15.4 Å². The first-order valence-corrected chi connectivity index (χ1v) is 8.07. The maximum absolute atomic E-state index is 13.3. The van der Waals surface area contributed by atoms with Crippen molar-refractivity contribution in [2.45, 2.75) is 37.8 Å². The summed E-state index contributed by atoms with van der Waals surface area (Å²) in [5, 5.41) is 24.9. The third-order valence-electron chi connectivity index (χ3n) is 3.02. The van der Waals surface area contributed by atoms with E-state index in [9.17, 15) is 33.4 Å². The van der Waals surface area contributed by atoms with Crippen LogP contribution in [0.15, 0.2) is 11.0 Å². The molecule has 0 aromatic heterocycles. The van der Waals surface area contributed by atoms with Crippen LogP contribution in [0.2, 0.25) is 0 Å². The monoisotopic (exact) mass is 367 g/mol. The lowest BCUT2D eigenvalue weighted by atomic mass is 10.1. The van der Waals surface area contributed by atoms with Crippen LogP contribution < -0.4 is 5.32 Å². The van der Waals surface area contributed by atoms with Gasteiger partial charge in [-0.1, -0.05) is 13.3 Å². The van der Waals surface area contributed by atoms with Gasteiger partial charge in [0.25, 0.3) is 5.69 Å². The molecule has 0 amide bonds. The molecule has 1 aromatic carbocycles. The maximum atomic E-state index is 13.3. The Balaban J connectivity index is 3.75. The Morgan fingerprint density at radius 1 is 1.21 bits per heavy atom. The van der Waals surface area contributed by atoms with Gasteiger partial charge in [0, 0.05) is 12.6 Å². The van der Waals surface area contributed by atoms with Crippen molar-refractivity contribution < 1.29 is 23.0 Å². The first kappa shape index (κ1) is 20.0. The van der Waals surface area contributed by atoms with Crippen LogP contribution in [-0.4, -0.2) is 22.1 Å². The highest BCUT2D eigenvalue weighted by Crippen LogP contribution is 2.49. The van der Waals surface area contributed by atoms with E-state index < -0.39 is 43.5 Å². The zero-order valence-corrected chi connectivity index (χ0v) is 13.8. The van der Waals surface area contributed by atoms with Crippen LogP contribution in [0.25, 0.3) is 0 Å². The smallest absolute Gasteiger partial charge is 0.374 e. The van der Waals surface area contributed by atoms with Crippen LogP contribution in [0, 0.1) is 20.2 Å². The van der Waals surface area contributed by atoms with E-state index in [1.807, 2.05) is 6.92 Å². The van der Waals surface area contributed by atoms with Gasteiger partial charge in [-0.15, -0.1) is 11.8 Å². The van der Waals surface area contributed by atoms with Gasteiger partial charge in [0.2, 0.25) is 0 Å². The minimum Gasteiger partial charge on any atom is -0.374 e. The van der Waals surface area contributed by atoms with Crippen molar-refractivity contribution in [1.29, 1.82) is 0 Å². The lowest BCUT2D eigenvalue weighted by Gasteiger charge is -2.15. The summed E-state index contributed by atoms with van der Waals surface area (Å²) in [6, 6.07) is 0.360. The number of nitro benzene ring substituents is 2. The second kappa shape index (κ2) is 8.18. The highest BCUT2D eigenvalue weighted by atomic mass is 32.2. The van der Waals surface area contributed by atoms with Gasteiger partial charge < -0.3 is 5.32 Å². The van der Waals surface area contributed by atoms with Crippen molar-refractivity contribution in [2.24, 2.45) is 0 Å². The van der Waals surface area contributed by atoms with E-state index >= 15 is 0 Å². The third-order valence-corrected chi connectivity index (χ3v) is 4.21. The molecule has 24 heavy (non-hydrogen) atoms. The summed E-state index contributed by atoms with van der Waals surface area (Å²) >= 11 is 0.690. The Morgan fingerprint density at radius 3 is 2.25 bits per heavy atom. The number of thioether (sulfide) groups is 1. The molecule has 0 saturated heterocycles. The molecule has 0 bridgehead atoms. The minimum atomic E-state index is -4.94. The standard InChI is InChI=1S/C13H16F3N3O4S/c1-3-5-6-24-12-8(13(14,15)16)7-9(18(20)21)10(17-4-2)11(12)19(22)23/h7,17H,3-6H2,1-2H3. The normalized spacial score (nSPS) is 11.4. The van der Waals surface area contributed by atoms with Crippen molar-refractivity contribution >= 4 is 28.8 Å². The molecule has 0 aliphatic carbocycles. The number of alkyl halides is 3. The van der Waals surface area contributed by atoms with Crippen LogP contribution >= 0.6 is 11.8 Å². The predicted molar refractivity (Wildman–Crippen MR) is 84.5 cm³/mol. The van der Waals surface area contributed by atoms with Gasteiger partial charge >= 0.3 is 11.9 Å². The Bertz CT molecular complexity index is 638. The molecule has 0 spiro atoms. The fourth-order valence-electron chi connectivity index (χ4n) is 1.98. The Hall–Kier alpha value is -2.04. The number of rotatable bonds is 8. The summed E-state index contributed by atoms with van der Waals surface area (Å²) in [4.78, 5) is 19.8. The van der Waals surface area contributed by atoms with Crippen LogP contribution in [0.4, 0.5) is 30.2 Å². The highest BCUT2D eigenvalue weighted by Gasteiger charge is 2.42. The van der Waals surface area contributed by atoms with Gasteiger partial charge in [-0.2, -0.15) is 13.2 Å². The molecule has 0 saturated carbocycles. The van der Waals surface area contributed by atoms with Crippen molar-refractivity contribution in [3.05, 3.63) is 31.9 Å². The number of nitrogens with zero attached hydrogens (tertiary/aromatic N) is 2. The van der Waals surface area contributed by atoms with E-state index in [0.717, 1.165) is 0 Å². The van der Waals surface area contributed by atoms with Gasteiger partial charge in [-0.3, -0.25) is 20.2 Å². The van der Waals surface area contributed by atoms with Gasteiger partial charge in [-0.05, 0) is 19.1 Å². The molecule has 134 valence electrons. The second-order valence-electron chi connectivity index (χ2n) is 4.74. The molecular formula is C13H16F3N3O4S. The summed E-state index contributed by atoms with van der Waals surface area (Å²) < 4.78 is 39.8.